The van der Waals surface area contributed by atoms with Crippen LogP contribution in [0.3, 0.4) is 0 Å². The van der Waals surface area contributed by atoms with E-state index in [1.54, 1.807) is 60.7 Å². The highest BCUT2D eigenvalue weighted by Gasteiger charge is 2.19. The standard InChI is InChI=1S/C26H19Cl3N4O4/c27-17-5-10-23(31-12-17)37-19-8-6-18(7-9-19)32-22(26(35)36)11-15-1-3-16(4-2-15)25(34)33-24-20(28)13-30-14-21(24)29/h1-10,12-14,22,32H,11H2,(H,35,36)(H,30,33,34). The predicted molar refractivity (Wildman–Crippen MR) is 143 cm³/mol. The lowest BCUT2D eigenvalue weighted by atomic mass is 10.0. The fourth-order valence-electron chi connectivity index (χ4n) is 3.31. The van der Waals surface area contributed by atoms with Gasteiger partial charge in [-0.05, 0) is 48.0 Å². The number of amides is 1. The molecule has 2 aromatic carbocycles. The molecule has 0 spiro atoms. The van der Waals surface area contributed by atoms with Crippen molar-refractivity contribution in [2.75, 3.05) is 10.6 Å². The summed E-state index contributed by atoms with van der Waals surface area (Å²) >= 11 is 17.9. The van der Waals surface area contributed by atoms with Crippen LogP contribution in [-0.2, 0) is 11.2 Å². The monoisotopic (exact) mass is 556 g/mol. The van der Waals surface area contributed by atoms with Gasteiger partial charge in [-0.25, -0.2) is 9.78 Å². The number of rotatable bonds is 9. The van der Waals surface area contributed by atoms with Gasteiger partial charge in [0.15, 0.2) is 0 Å². The second kappa shape index (κ2) is 11.9. The van der Waals surface area contributed by atoms with E-state index in [4.69, 9.17) is 39.5 Å². The predicted octanol–water partition coefficient (Wildman–Crippen LogP) is 6.59. The number of halogens is 3. The zero-order valence-electron chi connectivity index (χ0n) is 19.0. The Balaban J connectivity index is 1.37. The molecule has 1 amide bonds. The smallest absolute Gasteiger partial charge is 0.326 e. The zero-order valence-corrected chi connectivity index (χ0v) is 21.3. The highest BCUT2D eigenvalue weighted by Crippen LogP contribution is 2.29. The number of anilines is 2. The number of ether oxygens (including phenoxy) is 1. The average molecular weight is 558 g/mol. The van der Waals surface area contributed by atoms with Gasteiger partial charge >= 0.3 is 5.97 Å². The summed E-state index contributed by atoms with van der Waals surface area (Å²) in [5.41, 5.74) is 1.96. The third-order valence-corrected chi connectivity index (χ3v) is 5.96. The fourth-order valence-corrected chi connectivity index (χ4v) is 3.88. The molecule has 0 aliphatic heterocycles. The van der Waals surface area contributed by atoms with E-state index >= 15 is 0 Å². The van der Waals surface area contributed by atoms with Gasteiger partial charge in [0.05, 0.1) is 20.8 Å². The number of benzene rings is 2. The van der Waals surface area contributed by atoms with Crippen molar-refractivity contribution in [1.82, 2.24) is 9.97 Å². The quantitative estimate of drug-likeness (QED) is 0.213. The van der Waals surface area contributed by atoms with E-state index in [0.717, 1.165) is 5.56 Å². The van der Waals surface area contributed by atoms with Gasteiger partial charge in [0.1, 0.15) is 11.8 Å². The molecule has 0 saturated carbocycles. The number of nitrogens with zero attached hydrogens (tertiary/aromatic N) is 2. The Hall–Kier alpha value is -3.85. The first kappa shape index (κ1) is 26.2. The Labute approximate surface area is 227 Å². The van der Waals surface area contributed by atoms with Crippen molar-refractivity contribution < 1.29 is 19.4 Å². The van der Waals surface area contributed by atoms with Crippen molar-refractivity contribution in [1.29, 1.82) is 0 Å². The number of pyridine rings is 2. The van der Waals surface area contributed by atoms with E-state index in [1.165, 1.54) is 18.6 Å². The molecule has 0 fully saturated rings. The van der Waals surface area contributed by atoms with E-state index in [1.807, 2.05) is 0 Å². The minimum absolute atomic E-state index is 0.187. The topological polar surface area (TPSA) is 113 Å². The van der Waals surface area contributed by atoms with Gasteiger partial charge in [-0.1, -0.05) is 46.9 Å². The van der Waals surface area contributed by atoms with E-state index in [9.17, 15) is 14.7 Å². The number of carbonyl (C=O) groups is 2. The van der Waals surface area contributed by atoms with Crippen molar-refractivity contribution in [3.05, 3.63) is 105 Å². The van der Waals surface area contributed by atoms with Gasteiger partial charge in [-0.15, -0.1) is 0 Å². The highest BCUT2D eigenvalue weighted by atomic mass is 35.5. The number of hydrogen-bond acceptors (Lipinski definition) is 6. The van der Waals surface area contributed by atoms with Crippen LogP contribution >= 0.6 is 34.8 Å². The molecule has 0 aliphatic rings. The Morgan fingerprint density at radius 2 is 1.57 bits per heavy atom. The molecule has 188 valence electrons. The maximum absolute atomic E-state index is 12.6. The third-order valence-electron chi connectivity index (χ3n) is 5.16. The van der Waals surface area contributed by atoms with Gasteiger partial charge in [0.25, 0.3) is 5.91 Å². The molecule has 4 aromatic rings. The molecule has 2 aromatic heterocycles. The Bertz CT molecular complexity index is 1380. The molecule has 0 saturated heterocycles. The molecule has 3 N–H and O–H groups in total. The number of hydrogen-bond donors (Lipinski definition) is 3. The molecule has 1 atom stereocenters. The number of carboxylic acid groups (broad SMARTS) is 1. The van der Waals surface area contributed by atoms with E-state index in [2.05, 4.69) is 20.6 Å². The van der Waals surface area contributed by atoms with E-state index in [-0.39, 0.29) is 22.2 Å². The molecule has 4 rings (SSSR count). The molecule has 0 bridgehead atoms. The number of aromatic nitrogens is 2. The number of carboxylic acids is 1. The van der Waals surface area contributed by atoms with E-state index < -0.39 is 17.9 Å². The minimum atomic E-state index is -1.02. The van der Waals surface area contributed by atoms with Crippen LogP contribution in [0.25, 0.3) is 0 Å². The first-order chi connectivity index (χ1) is 17.8. The van der Waals surface area contributed by atoms with Gasteiger partial charge in [-0.2, -0.15) is 0 Å². The Kier molecular flexibility index (Phi) is 8.45. The van der Waals surface area contributed by atoms with Crippen LogP contribution in [-0.4, -0.2) is 33.0 Å². The Morgan fingerprint density at radius 3 is 2.16 bits per heavy atom. The molecule has 37 heavy (non-hydrogen) atoms. The van der Waals surface area contributed by atoms with Crippen molar-refractivity contribution in [2.24, 2.45) is 0 Å². The van der Waals surface area contributed by atoms with Crippen molar-refractivity contribution in [3.8, 4) is 11.6 Å². The molecule has 8 nitrogen and oxygen atoms in total. The maximum Gasteiger partial charge on any atom is 0.326 e. The summed E-state index contributed by atoms with van der Waals surface area (Å²) in [6.45, 7) is 0. The molecule has 11 heteroatoms. The van der Waals surface area contributed by atoms with Crippen LogP contribution < -0.4 is 15.4 Å². The number of aliphatic carboxylic acids is 1. The van der Waals surface area contributed by atoms with Crippen LogP contribution in [0.1, 0.15) is 15.9 Å². The summed E-state index contributed by atoms with van der Waals surface area (Å²) in [6.07, 6.45) is 4.42. The Morgan fingerprint density at radius 1 is 0.892 bits per heavy atom. The molecule has 0 aliphatic carbocycles. The summed E-state index contributed by atoms with van der Waals surface area (Å²) in [5.74, 6) is -0.506. The molecule has 1 unspecified atom stereocenters. The van der Waals surface area contributed by atoms with Crippen LogP contribution in [0.2, 0.25) is 15.1 Å². The molecule has 2 heterocycles. The van der Waals surface area contributed by atoms with Crippen LogP contribution in [0, 0.1) is 0 Å². The highest BCUT2D eigenvalue weighted by molar-refractivity contribution is 6.39. The van der Waals surface area contributed by atoms with Gasteiger partial charge in [-0.3, -0.25) is 9.78 Å². The van der Waals surface area contributed by atoms with Gasteiger partial charge < -0.3 is 20.5 Å². The summed E-state index contributed by atoms with van der Waals surface area (Å²) in [7, 11) is 0. The van der Waals surface area contributed by atoms with Gasteiger partial charge in [0.2, 0.25) is 5.88 Å². The average Bonchev–Trinajstić information content (AvgIpc) is 2.88. The van der Waals surface area contributed by atoms with Crippen LogP contribution in [0.15, 0.2) is 79.3 Å². The van der Waals surface area contributed by atoms with Crippen molar-refractivity contribution in [3.63, 3.8) is 0 Å². The lowest BCUT2D eigenvalue weighted by Crippen LogP contribution is -2.31. The lowest BCUT2D eigenvalue weighted by Gasteiger charge is -2.16. The third kappa shape index (κ3) is 7.10. The summed E-state index contributed by atoms with van der Waals surface area (Å²) in [4.78, 5) is 32.4. The minimum Gasteiger partial charge on any atom is -0.480 e. The van der Waals surface area contributed by atoms with Crippen molar-refractivity contribution in [2.45, 2.75) is 12.5 Å². The summed E-state index contributed by atoms with van der Waals surface area (Å²) in [5, 5.41) is 16.3. The second-order valence-corrected chi connectivity index (χ2v) is 9.06. The van der Waals surface area contributed by atoms with E-state index in [0.29, 0.717) is 27.9 Å². The zero-order chi connectivity index (χ0) is 26.4. The van der Waals surface area contributed by atoms with Crippen LogP contribution in [0.4, 0.5) is 11.4 Å². The summed E-state index contributed by atoms with van der Waals surface area (Å²) in [6, 6.07) is 15.8. The largest absolute Gasteiger partial charge is 0.480 e. The normalized spacial score (nSPS) is 11.4. The first-order valence-electron chi connectivity index (χ1n) is 10.9. The lowest BCUT2D eigenvalue weighted by molar-refractivity contribution is -0.137. The molecular weight excluding hydrogens is 539 g/mol. The summed E-state index contributed by atoms with van der Waals surface area (Å²) < 4.78 is 5.65. The van der Waals surface area contributed by atoms with Crippen LogP contribution in [0.5, 0.6) is 11.6 Å². The SMILES string of the molecule is O=C(Nc1c(Cl)cncc1Cl)c1ccc(CC(Nc2ccc(Oc3ccc(Cl)cn3)cc2)C(=O)O)cc1. The van der Waals surface area contributed by atoms with Gasteiger partial charge in [0, 0.05) is 42.3 Å². The number of nitrogens with one attached hydrogen (secondary N) is 2. The fraction of sp³-hybridized carbons (Fsp3) is 0.0769. The molecular formula is C26H19Cl3N4O4. The van der Waals surface area contributed by atoms with Crippen molar-refractivity contribution >= 4 is 58.1 Å². The second-order valence-electron chi connectivity index (χ2n) is 7.81. The molecule has 0 radical (unpaired) electrons. The first-order valence-corrected chi connectivity index (χ1v) is 12.0. The maximum atomic E-state index is 12.6. The number of carbonyl (C=O) groups excluding carboxylic acids is 1.